The largest absolute Gasteiger partial charge is 0.497 e. The van der Waals surface area contributed by atoms with Crippen LogP contribution in [0.5, 0.6) is 23.0 Å². The lowest BCUT2D eigenvalue weighted by Crippen LogP contribution is -2.08. The molecule has 6 rings (SSSR count). The lowest BCUT2D eigenvalue weighted by Gasteiger charge is -2.08. The Bertz CT molecular complexity index is 2700. The summed E-state index contributed by atoms with van der Waals surface area (Å²) in [4.78, 5) is 67.7. The van der Waals surface area contributed by atoms with Crippen molar-refractivity contribution in [3.8, 4) is 23.0 Å². The fraction of sp³-hybridized carbons (Fsp3) is 0.206. The summed E-state index contributed by atoms with van der Waals surface area (Å²) in [6.07, 6.45) is 16.7. The van der Waals surface area contributed by atoms with E-state index >= 15 is 0 Å². The lowest BCUT2D eigenvalue weighted by molar-refractivity contribution is -0.135. The van der Waals surface area contributed by atoms with Gasteiger partial charge in [0.25, 0.3) is 0 Å². The summed E-state index contributed by atoms with van der Waals surface area (Å²) in [6.45, 7) is 6.86. The Kier molecular flexibility index (Phi) is 32.5. The van der Waals surface area contributed by atoms with E-state index in [1.807, 2.05) is 74.5 Å². The second-order valence-electron chi connectivity index (χ2n) is 15.3. The predicted molar refractivity (Wildman–Crippen MR) is 300 cm³/mol. The van der Waals surface area contributed by atoms with Gasteiger partial charge in [-0.25, -0.2) is 28.8 Å². The first kappa shape index (κ1) is 63.8. The number of rotatable bonds is 19. The molecule has 0 heterocycles. The highest BCUT2D eigenvalue weighted by molar-refractivity contribution is 5.92. The molecule has 14 heteroatoms. The first-order valence-corrected chi connectivity index (χ1v) is 24.6. The van der Waals surface area contributed by atoms with Crippen LogP contribution < -0.4 is 18.9 Å². The maximum absolute atomic E-state index is 12.3. The molecule has 6 aromatic rings. The van der Waals surface area contributed by atoms with Crippen LogP contribution in [-0.4, -0.2) is 78.0 Å². The minimum atomic E-state index is -0.453. The molecule has 0 aliphatic rings. The summed E-state index contributed by atoms with van der Waals surface area (Å²) < 4.78 is 39.3. The third kappa shape index (κ3) is 28.1. The molecule has 404 valence electrons. The Hall–Kier alpha value is -9.30. The number of carbonyl (C=O) groups excluding carboxylic acids is 6. The molecule has 0 unspecified atom stereocenters. The first-order chi connectivity index (χ1) is 37.4. The Morgan fingerprint density at radius 3 is 0.987 bits per heavy atom. The fourth-order valence-corrected chi connectivity index (χ4v) is 5.82. The van der Waals surface area contributed by atoms with Gasteiger partial charge in [0.1, 0.15) is 23.0 Å². The van der Waals surface area contributed by atoms with Crippen molar-refractivity contribution in [3.63, 3.8) is 0 Å². The van der Waals surface area contributed by atoms with Crippen LogP contribution in [0, 0.1) is 0 Å². The van der Waals surface area contributed by atoms with Crippen molar-refractivity contribution < 1.29 is 66.7 Å². The van der Waals surface area contributed by atoms with E-state index in [1.165, 1.54) is 65.6 Å². The lowest BCUT2D eigenvalue weighted by atomic mass is 10.2. The second kappa shape index (κ2) is 39.2. The molecule has 0 saturated carbocycles. The predicted octanol–water partition coefficient (Wildman–Crippen LogP) is 12.9. The zero-order valence-electron chi connectivity index (χ0n) is 44.9. The second-order valence-corrected chi connectivity index (χ2v) is 15.3. The number of esters is 6. The highest BCUT2D eigenvalue weighted by Gasteiger charge is 2.10. The van der Waals surface area contributed by atoms with Crippen LogP contribution in [0.3, 0.4) is 0 Å². The molecule has 0 fully saturated rings. The van der Waals surface area contributed by atoms with Crippen molar-refractivity contribution in [3.05, 3.63) is 215 Å². The molecule has 0 aliphatic heterocycles. The van der Waals surface area contributed by atoms with E-state index in [-0.39, 0.29) is 11.9 Å². The third-order valence-electron chi connectivity index (χ3n) is 9.92. The van der Waals surface area contributed by atoms with Gasteiger partial charge in [-0.15, -0.1) is 0 Å². The van der Waals surface area contributed by atoms with E-state index in [9.17, 15) is 28.8 Å². The molecule has 0 saturated heterocycles. The van der Waals surface area contributed by atoms with Crippen LogP contribution >= 0.6 is 0 Å². The topological polar surface area (TPSA) is 176 Å². The van der Waals surface area contributed by atoms with E-state index in [2.05, 4.69) is 25.9 Å². The van der Waals surface area contributed by atoms with Crippen LogP contribution in [0.15, 0.2) is 182 Å². The molecule has 77 heavy (non-hydrogen) atoms. The molecule has 0 radical (unpaired) electrons. The maximum Gasteiger partial charge on any atom is 0.343 e. The van der Waals surface area contributed by atoms with Crippen molar-refractivity contribution in [2.24, 2.45) is 0 Å². The summed E-state index contributed by atoms with van der Waals surface area (Å²) in [5.41, 5.74) is 4.45. The van der Waals surface area contributed by atoms with Gasteiger partial charge in [-0.3, -0.25) is 0 Å². The van der Waals surface area contributed by atoms with Gasteiger partial charge in [0, 0.05) is 24.3 Å². The van der Waals surface area contributed by atoms with Crippen LogP contribution in [0.1, 0.15) is 89.4 Å². The van der Waals surface area contributed by atoms with Gasteiger partial charge >= 0.3 is 35.8 Å². The maximum atomic E-state index is 12.3. The zero-order valence-corrected chi connectivity index (χ0v) is 44.9. The smallest absolute Gasteiger partial charge is 0.343 e. The fourth-order valence-electron chi connectivity index (χ4n) is 5.82. The average Bonchev–Trinajstić information content (AvgIpc) is 3.49. The number of methoxy groups -OCH3 is 5. The number of benzene rings is 6. The van der Waals surface area contributed by atoms with Crippen molar-refractivity contribution in [1.29, 1.82) is 0 Å². The summed E-state index contributed by atoms with van der Waals surface area (Å²) in [5, 5.41) is 0. The molecule has 0 spiro atoms. The van der Waals surface area contributed by atoms with Crippen LogP contribution in [-0.2, 0) is 38.1 Å². The summed E-state index contributed by atoms with van der Waals surface area (Å²) in [7, 11) is 6.91. The molecule has 0 amide bonds. The molecule has 0 bridgehead atoms. The van der Waals surface area contributed by atoms with Gasteiger partial charge in [-0.1, -0.05) is 125 Å². The van der Waals surface area contributed by atoms with E-state index in [0.717, 1.165) is 40.8 Å². The molecule has 0 aliphatic carbocycles. The summed E-state index contributed by atoms with van der Waals surface area (Å²) in [5.74, 6) is -0.157. The SMILES string of the molecule is CC.CCCCCCOc1ccc(C(=O)Oc2ccc(C=CC(=O)OC)cc2)cc1.COC(=O)/C=C/c1ccccc1.COC(=O)/C=C/c1ccccc1.COC(=O)C=Cc1ccc(OC(=O)c2ccc(OC)cc2)cc1. The van der Waals surface area contributed by atoms with Crippen LogP contribution in [0.25, 0.3) is 24.3 Å². The van der Waals surface area contributed by atoms with Crippen molar-refractivity contribution >= 4 is 60.1 Å². The number of carbonyl (C=O) groups is 6. The Balaban J connectivity index is 0.000000369. The monoisotopic (exact) mass is 1050 g/mol. The molecule has 0 atom stereocenters. The molecular weight excluding hydrogens is 981 g/mol. The van der Waals surface area contributed by atoms with Gasteiger partial charge in [0.2, 0.25) is 0 Å². The molecule has 6 aromatic carbocycles. The van der Waals surface area contributed by atoms with Gasteiger partial charge in [0.05, 0.1) is 53.3 Å². The number of ether oxygens (including phenoxy) is 8. The van der Waals surface area contributed by atoms with E-state index in [0.29, 0.717) is 35.0 Å². The van der Waals surface area contributed by atoms with E-state index < -0.39 is 23.9 Å². The third-order valence-corrected chi connectivity index (χ3v) is 9.92. The molecular formula is C63H68O14. The van der Waals surface area contributed by atoms with Crippen molar-refractivity contribution in [2.75, 3.05) is 42.2 Å². The number of hydrogen-bond donors (Lipinski definition) is 0. The van der Waals surface area contributed by atoms with Gasteiger partial charge in [-0.05, 0) is 126 Å². The standard InChI is InChI=1S/C23H26O5.C18H16O5.2C10H10O2.C2H6/c1-3-4-5-6-17-27-20-14-10-19(11-15-20)23(25)28-21-12-7-18(8-13-21)9-16-22(24)26-2;1-21-15-10-6-14(7-11-15)18(20)23-16-8-3-13(4-9-16)5-12-17(19)22-2;2*1-12-10(11)8-7-9-5-3-2-4-6-9;1-2/h7-16H,3-6,17H2,1-2H3;3-12H,1-2H3;2*2-8H,1H3;1-2H3/b;;2*8-7+;. The average molecular weight is 1050 g/mol. The summed E-state index contributed by atoms with van der Waals surface area (Å²) in [6, 6.07) is 46.4. The normalized spacial score (nSPS) is 10.2. The Labute approximate surface area is 452 Å². The van der Waals surface area contributed by atoms with E-state index in [1.54, 1.807) is 128 Å². The van der Waals surface area contributed by atoms with Crippen molar-refractivity contribution in [1.82, 2.24) is 0 Å². The molecule has 0 aromatic heterocycles. The van der Waals surface area contributed by atoms with Gasteiger partial charge in [-0.2, -0.15) is 0 Å². The molecule has 0 N–H and O–H groups in total. The number of unbranched alkanes of at least 4 members (excludes halogenated alkanes) is 3. The van der Waals surface area contributed by atoms with Crippen LogP contribution in [0.4, 0.5) is 0 Å². The molecule has 14 nitrogen and oxygen atoms in total. The van der Waals surface area contributed by atoms with Crippen molar-refractivity contribution in [2.45, 2.75) is 46.5 Å². The Morgan fingerprint density at radius 2 is 0.675 bits per heavy atom. The van der Waals surface area contributed by atoms with Gasteiger partial charge in [0.15, 0.2) is 0 Å². The number of hydrogen-bond acceptors (Lipinski definition) is 14. The summed E-state index contributed by atoms with van der Waals surface area (Å²) >= 11 is 0. The zero-order chi connectivity index (χ0) is 56.5. The quantitative estimate of drug-likeness (QED) is 0.0246. The first-order valence-electron chi connectivity index (χ1n) is 24.6. The minimum Gasteiger partial charge on any atom is -0.497 e. The van der Waals surface area contributed by atoms with Crippen LogP contribution in [0.2, 0.25) is 0 Å². The minimum absolute atomic E-state index is 0.334. The van der Waals surface area contributed by atoms with Gasteiger partial charge < -0.3 is 37.9 Å². The highest BCUT2D eigenvalue weighted by Crippen LogP contribution is 2.19. The Morgan fingerprint density at radius 1 is 0.364 bits per heavy atom. The highest BCUT2D eigenvalue weighted by atomic mass is 16.5. The van der Waals surface area contributed by atoms with E-state index in [4.69, 9.17) is 18.9 Å².